The molecule has 1 aromatic carbocycles. The van der Waals surface area contributed by atoms with Crippen LogP contribution in [0.25, 0.3) is 0 Å². The number of rotatable bonds is 5. The molecule has 0 aromatic heterocycles. The summed E-state index contributed by atoms with van der Waals surface area (Å²) in [5.74, 6) is 2.81. The molecule has 4 nitrogen and oxygen atoms in total. The third-order valence-electron chi connectivity index (χ3n) is 4.99. The first-order valence-corrected chi connectivity index (χ1v) is 7.98. The highest BCUT2D eigenvalue weighted by atomic mass is 16.5. The van der Waals surface area contributed by atoms with Gasteiger partial charge in [-0.1, -0.05) is 12.5 Å². The predicted octanol–water partition coefficient (Wildman–Crippen LogP) is 2.83. The topological polar surface area (TPSA) is 64.3 Å². The summed E-state index contributed by atoms with van der Waals surface area (Å²) in [6.07, 6.45) is 5.37. The van der Waals surface area contributed by atoms with E-state index in [1.54, 1.807) is 18.2 Å². The zero-order valence-corrected chi connectivity index (χ0v) is 12.6. The number of carbonyl (C=O) groups excluding carboxylic acids is 1. The third-order valence-corrected chi connectivity index (χ3v) is 4.99. The van der Waals surface area contributed by atoms with Gasteiger partial charge in [-0.25, -0.2) is 0 Å². The number of hydrogen-bond acceptors (Lipinski definition) is 3. The second kappa shape index (κ2) is 5.96. The molecule has 0 heterocycles. The number of ether oxygens (including phenoxy) is 1. The van der Waals surface area contributed by atoms with Gasteiger partial charge in [0.05, 0.1) is 17.9 Å². The molecule has 21 heavy (non-hydrogen) atoms. The van der Waals surface area contributed by atoms with Crippen molar-refractivity contribution in [3.05, 3.63) is 23.8 Å². The zero-order chi connectivity index (χ0) is 14.8. The first kappa shape index (κ1) is 14.2. The molecule has 0 spiro atoms. The van der Waals surface area contributed by atoms with E-state index in [1.165, 1.54) is 25.7 Å². The van der Waals surface area contributed by atoms with E-state index in [4.69, 9.17) is 10.5 Å². The van der Waals surface area contributed by atoms with Crippen molar-refractivity contribution in [2.75, 3.05) is 18.9 Å². The van der Waals surface area contributed by atoms with E-state index in [1.807, 2.05) is 6.92 Å². The van der Waals surface area contributed by atoms with Crippen molar-refractivity contribution >= 4 is 11.6 Å². The average Bonchev–Trinajstić information content (AvgIpc) is 3.09. The summed E-state index contributed by atoms with van der Waals surface area (Å²) >= 11 is 0. The van der Waals surface area contributed by atoms with Crippen LogP contribution >= 0.6 is 0 Å². The van der Waals surface area contributed by atoms with Crippen LogP contribution in [-0.2, 0) is 0 Å². The number of nitrogens with one attached hydrogen (secondary N) is 1. The summed E-state index contributed by atoms with van der Waals surface area (Å²) in [5, 5.41) is 3.08. The lowest BCUT2D eigenvalue weighted by Gasteiger charge is -2.22. The minimum atomic E-state index is -0.0754. The lowest BCUT2D eigenvalue weighted by molar-refractivity contribution is 0.0938. The van der Waals surface area contributed by atoms with Gasteiger partial charge in [0.2, 0.25) is 0 Å². The summed E-state index contributed by atoms with van der Waals surface area (Å²) in [7, 11) is 0. The molecule has 2 bridgehead atoms. The number of carbonyl (C=O) groups is 1. The van der Waals surface area contributed by atoms with Crippen LogP contribution in [0, 0.1) is 17.8 Å². The molecule has 2 fully saturated rings. The predicted molar refractivity (Wildman–Crippen MR) is 83.3 cm³/mol. The number of nitrogen functional groups attached to an aromatic ring is 1. The molecule has 1 aromatic rings. The Kier molecular flexibility index (Phi) is 4.04. The molecule has 3 N–H and O–H groups in total. The SMILES string of the molecule is CCOc1c(N)cccc1C(=O)NCC1CC2CCC1C2. The van der Waals surface area contributed by atoms with Crippen molar-refractivity contribution in [3.8, 4) is 5.75 Å². The highest BCUT2D eigenvalue weighted by Crippen LogP contribution is 2.47. The van der Waals surface area contributed by atoms with Crippen LogP contribution in [0.4, 0.5) is 5.69 Å². The van der Waals surface area contributed by atoms with Gasteiger partial charge >= 0.3 is 0 Å². The standard InChI is InChI=1S/C17H24N2O2/c1-2-21-16-14(4-3-5-15(16)18)17(20)19-10-13-9-11-6-7-12(13)8-11/h3-5,11-13H,2,6-10,18H2,1H3,(H,19,20). The quantitative estimate of drug-likeness (QED) is 0.819. The monoisotopic (exact) mass is 288 g/mol. The summed E-state index contributed by atoms with van der Waals surface area (Å²) in [6.45, 7) is 3.17. The fourth-order valence-corrected chi connectivity index (χ4v) is 3.98. The third kappa shape index (κ3) is 2.85. The number of anilines is 1. The van der Waals surface area contributed by atoms with Gasteiger partial charge in [-0.15, -0.1) is 0 Å². The van der Waals surface area contributed by atoms with Gasteiger partial charge in [-0.2, -0.15) is 0 Å². The molecule has 114 valence electrons. The minimum Gasteiger partial charge on any atom is -0.491 e. The van der Waals surface area contributed by atoms with Gasteiger partial charge in [0.25, 0.3) is 5.91 Å². The van der Waals surface area contributed by atoms with E-state index in [0.29, 0.717) is 29.5 Å². The van der Waals surface area contributed by atoms with E-state index in [9.17, 15) is 4.79 Å². The number of nitrogens with two attached hydrogens (primary N) is 1. The van der Waals surface area contributed by atoms with Gasteiger partial charge in [0.1, 0.15) is 0 Å². The second-order valence-electron chi connectivity index (χ2n) is 6.30. The Balaban J connectivity index is 1.64. The fraction of sp³-hybridized carbons (Fsp3) is 0.588. The van der Waals surface area contributed by atoms with E-state index in [0.717, 1.165) is 18.4 Å². The van der Waals surface area contributed by atoms with E-state index >= 15 is 0 Å². The number of hydrogen-bond donors (Lipinski definition) is 2. The zero-order valence-electron chi connectivity index (χ0n) is 12.6. The maximum Gasteiger partial charge on any atom is 0.255 e. The van der Waals surface area contributed by atoms with E-state index in [-0.39, 0.29) is 5.91 Å². The van der Waals surface area contributed by atoms with Crippen LogP contribution in [0.3, 0.4) is 0 Å². The molecular weight excluding hydrogens is 264 g/mol. The molecular formula is C17H24N2O2. The first-order valence-electron chi connectivity index (χ1n) is 7.98. The summed E-state index contributed by atoms with van der Waals surface area (Å²) < 4.78 is 5.52. The smallest absolute Gasteiger partial charge is 0.255 e. The normalized spacial score (nSPS) is 26.8. The van der Waals surface area contributed by atoms with E-state index < -0.39 is 0 Å². The Hall–Kier alpha value is -1.71. The van der Waals surface area contributed by atoms with Gasteiger partial charge < -0.3 is 15.8 Å². The highest BCUT2D eigenvalue weighted by Gasteiger charge is 2.39. The maximum absolute atomic E-state index is 12.4. The molecule has 2 aliphatic carbocycles. The molecule has 0 aliphatic heterocycles. The van der Waals surface area contributed by atoms with Crippen LogP contribution in [0.15, 0.2) is 18.2 Å². The number of benzene rings is 1. The molecule has 3 unspecified atom stereocenters. The van der Waals surface area contributed by atoms with Crippen molar-refractivity contribution in [2.45, 2.75) is 32.6 Å². The Bertz CT molecular complexity index is 530. The van der Waals surface area contributed by atoms with Crippen molar-refractivity contribution in [2.24, 2.45) is 17.8 Å². The Morgan fingerprint density at radius 1 is 1.38 bits per heavy atom. The van der Waals surface area contributed by atoms with Crippen molar-refractivity contribution in [1.29, 1.82) is 0 Å². The van der Waals surface area contributed by atoms with Crippen LogP contribution in [-0.4, -0.2) is 19.1 Å². The van der Waals surface area contributed by atoms with Gasteiger partial charge in [0.15, 0.2) is 5.75 Å². The Morgan fingerprint density at radius 3 is 2.90 bits per heavy atom. The fourth-order valence-electron chi connectivity index (χ4n) is 3.98. The lowest BCUT2D eigenvalue weighted by atomic mass is 9.89. The minimum absolute atomic E-state index is 0.0754. The second-order valence-corrected chi connectivity index (χ2v) is 6.30. The molecule has 4 heteroatoms. The number of fused-ring (bicyclic) bond motifs is 2. The van der Waals surface area contributed by atoms with Crippen LogP contribution in [0.2, 0.25) is 0 Å². The summed E-state index contributed by atoms with van der Waals surface area (Å²) in [5.41, 5.74) is 6.97. The van der Waals surface area contributed by atoms with Crippen molar-refractivity contribution in [3.63, 3.8) is 0 Å². The number of amides is 1. The molecule has 0 saturated heterocycles. The lowest BCUT2D eigenvalue weighted by Crippen LogP contribution is -2.32. The largest absolute Gasteiger partial charge is 0.491 e. The van der Waals surface area contributed by atoms with Crippen LogP contribution in [0.5, 0.6) is 5.75 Å². The molecule has 3 rings (SSSR count). The molecule has 3 atom stereocenters. The van der Waals surface area contributed by atoms with Crippen LogP contribution in [0.1, 0.15) is 43.0 Å². The van der Waals surface area contributed by atoms with Crippen molar-refractivity contribution < 1.29 is 9.53 Å². The average molecular weight is 288 g/mol. The van der Waals surface area contributed by atoms with E-state index in [2.05, 4.69) is 5.32 Å². The summed E-state index contributed by atoms with van der Waals surface area (Å²) in [4.78, 5) is 12.4. The Labute approximate surface area is 126 Å². The van der Waals surface area contributed by atoms with Gasteiger partial charge in [-0.05, 0) is 56.1 Å². The molecule has 2 aliphatic rings. The van der Waals surface area contributed by atoms with Crippen molar-refractivity contribution in [1.82, 2.24) is 5.32 Å². The Morgan fingerprint density at radius 2 is 2.24 bits per heavy atom. The highest BCUT2D eigenvalue weighted by molar-refractivity contribution is 5.98. The van der Waals surface area contributed by atoms with Crippen LogP contribution < -0.4 is 15.8 Å². The molecule has 1 amide bonds. The first-order chi connectivity index (χ1) is 10.2. The molecule has 0 radical (unpaired) electrons. The summed E-state index contributed by atoms with van der Waals surface area (Å²) in [6, 6.07) is 5.33. The number of para-hydroxylation sites is 1. The molecule has 2 saturated carbocycles. The van der Waals surface area contributed by atoms with Gasteiger partial charge in [0, 0.05) is 6.54 Å². The maximum atomic E-state index is 12.4. The van der Waals surface area contributed by atoms with Gasteiger partial charge in [-0.3, -0.25) is 4.79 Å².